The Morgan fingerprint density at radius 3 is 2.74 bits per heavy atom. The number of nitrogens with two attached hydrogens (primary N) is 1. The molecule has 0 aliphatic heterocycles. The van der Waals surface area contributed by atoms with E-state index in [0.717, 1.165) is 0 Å². The summed E-state index contributed by atoms with van der Waals surface area (Å²) in [4.78, 5) is 15.3. The van der Waals surface area contributed by atoms with Crippen molar-refractivity contribution in [2.75, 3.05) is 5.73 Å². The highest BCUT2D eigenvalue weighted by molar-refractivity contribution is 5.89. The van der Waals surface area contributed by atoms with E-state index in [1.54, 1.807) is 30.3 Å². The molecular formula is C13H10N4O2. The van der Waals surface area contributed by atoms with Gasteiger partial charge in [0.15, 0.2) is 11.5 Å². The number of hydrogen-bond acceptors (Lipinski definition) is 4. The van der Waals surface area contributed by atoms with Crippen LogP contribution in [0.3, 0.4) is 0 Å². The van der Waals surface area contributed by atoms with Crippen LogP contribution in [0.2, 0.25) is 0 Å². The molecule has 0 radical (unpaired) electrons. The molecule has 3 aromatic rings. The minimum absolute atomic E-state index is 0.198. The molecule has 0 saturated heterocycles. The first-order valence-electron chi connectivity index (χ1n) is 5.60. The summed E-state index contributed by atoms with van der Waals surface area (Å²) in [5, 5.41) is 13.2. The zero-order valence-corrected chi connectivity index (χ0v) is 9.82. The first-order valence-corrected chi connectivity index (χ1v) is 5.60. The van der Waals surface area contributed by atoms with E-state index in [-0.39, 0.29) is 5.56 Å². The van der Waals surface area contributed by atoms with Gasteiger partial charge in [0.25, 0.3) is 0 Å². The van der Waals surface area contributed by atoms with Crippen molar-refractivity contribution in [1.29, 1.82) is 0 Å². The van der Waals surface area contributed by atoms with Crippen LogP contribution in [0.4, 0.5) is 5.82 Å². The number of nitrogen functional groups attached to an aromatic ring is 1. The van der Waals surface area contributed by atoms with Gasteiger partial charge in [0.05, 0.1) is 5.56 Å². The summed E-state index contributed by atoms with van der Waals surface area (Å²) in [6.45, 7) is 0. The number of hydrogen-bond donors (Lipinski definition) is 2. The van der Waals surface area contributed by atoms with E-state index in [2.05, 4.69) is 10.1 Å². The van der Waals surface area contributed by atoms with Crippen molar-refractivity contribution in [2.45, 2.75) is 0 Å². The molecule has 0 amide bonds. The first kappa shape index (κ1) is 11.2. The summed E-state index contributed by atoms with van der Waals surface area (Å²) in [5.41, 5.74) is 7.25. The number of rotatable bonds is 2. The lowest BCUT2D eigenvalue weighted by atomic mass is 10.1. The minimum atomic E-state index is -0.981. The van der Waals surface area contributed by atoms with Crippen LogP contribution in [0.5, 0.6) is 0 Å². The molecule has 3 rings (SSSR count). The molecule has 0 saturated carbocycles. The number of carboxylic acid groups (broad SMARTS) is 1. The van der Waals surface area contributed by atoms with Crippen molar-refractivity contribution in [2.24, 2.45) is 0 Å². The molecule has 0 bridgehead atoms. The first-order chi connectivity index (χ1) is 9.15. The van der Waals surface area contributed by atoms with Crippen LogP contribution < -0.4 is 5.73 Å². The molecule has 0 unspecified atom stereocenters. The molecule has 0 atom stereocenters. The number of aromatic carboxylic acids is 1. The van der Waals surface area contributed by atoms with Crippen molar-refractivity contribution in [3.05, 3.63) is 48.0 Å². The number of benzene rings is 1. The summed E-state index contributed by atoms with van der Waals surface area (Å²) in [7, 11) is 0. The number of carboxylic acids is 1. The quantitative estimate of drug-likeness (QED) is 0.725. The van der Waals surface area contributed by atoms with Gasteiger partial charge in [-0.1, -0.05) is 18.2 Å². The second-order valence-electron chi connectivity index (χ2n) is 4.04. The molecule has 6 nitrogen and oxygen atoms in total. The maximum absolute atomic E-state index is 10.9. The van der Waals surface area contributed by atoms with Gasteiger partial charge in [-0.05, 0) is 24.3 Å². The molecule has 0 spiro atoms. The van der Waals surface area contributed by atoms with Crippen LogP contribution in [0.25, 0.3) is 17.0 Å². The Hall–Kier alpha value is -2.89. The summed E-state index contributed by atoms with van der Waals surface area (Å²) in [6.07, 6.45) is 0. The Morgan fingerprint density at radius 2 is 2.00 bits per heavy atom. The predicted octanol–water partition coefficient (Wildman–Crippen LogP) is 1.68. The molecular weight excluding hydrogens is 244 g/mol. The fraction of sp³-hybridized carbons (Fsp3) is 0. The van der Waals surface area contributed by atoms with Gasteiger partial charge in [-0.3, -0.25) is 0 Å². The average Bonchev–Trinajstić information content (AvgIpc) is 2.84. The Bertz CT molecular complexity index is 779. The lowest BCUT2D eigenvalue weighted by molar-refractivity contribution is 0.0697. The fourth-order valence-electron chi connectivity index (χ4n) is 1.84. The number of aromatic nitrogens is 3. The highest BCUT2D eigenvalue weighted by Crippen LogP contribution is 2.19. The fourth-order valence-corrected chi connectivity index (χ4v) is 1.84. The highest BCUT2D eigenvalue weighted by atomic mass is 16.4. The smallest absolute Gasteiger partial charge is 0.335 e. The van der Waals surface area contributed by atoms with Crippen LogP contribution in [0.1, 0.15) is 10.4 Å². The Labute approximate surface area is 108 Å². The van der Waals surface area contributed by atoms with E-state index in [1.165, 1.54) is 16.6 Å². The van der Waals surface area contributed by atoms with Gasteiger partial charge in [-0.25, -0.2) is 9.78 Å². The summed E-state index contributed by atoms with van der Waals surface area (Å²) >= 11 is 0. The van der Waals surface area contributed by atoms with Crippen molar-refractivity contribution in [3.63, 3.8) is 0 Å². The second-order valence-corrected chi connectivity index (χ2v) is 4.04. The molecule has 94 valence electrons. The van der Waals surface area contributed by atoms with Gasteiger partial charge >= 0.3 is 5.97 Å². The van der Waals surface area contributed by atoms with Gasteiger partial charge in [-0.15, -0.1) is 5.10 Å². The highest BCUT2D eigenvalue weighted by Gasteiger charge is 2.10. The van der Waals surface area contributed by atoms with Gasteiger partial charge in [0.2, 0.25) is 0 Å². The van der Waals surface area contributed by atoms with Crippen molar-refractivity contribution in [1.82, 2.24) is 14.6 Å². The normalized spacial score (nSPS) is 10.7. The van der Waals surface area contributed by atoms with Gasteiger partial charge in [0.1, 0.15) is 5.82 Å². The van der Waals surface area contributed by atoms with Crippen LogP contribution in [0.15, 0.2) is 42.5 Å². The van der Waals surface area contributed by atoms with Gasteiger partial charge in [0, 0.05) is 5.56 Å². The van der Waals surface area contributed by atoms with E-state index in [0.29, 0.717) is 22.9 Å². The average molecular weight is 254 g/mol. The number of fused-ring (bicyclic) bond motifs is 1. The Morgan fingerprint density at radius 1 is 1.21 bits per heavy atom. The molecule has 3 N–H and O–H groups in total. The van der Waals surface area contributed by atoms with E-state index in [9.17, 15) is 4.79 Å². The monoisotopic (exact) mass is 254 g/mol. The predicted molar refractivity (Wildman–Crippen MR) is 69.8 cm³/mol. The molecule has 0 aliphatic rings. The third-order valence-corrected chi connectivity index (χ3v) is 2.76. The lowest BCUT2D eigenvalue weighted by Gasteiger charge is -1.97. The lowest BCUT2D eigenvalue weighted by Crippen LogP contribution is -1.97. The van der Waals surface area contributed by atoms with Crippen LogP contribution in [-0.2, 0) is 0 Å². The third kappa shape index (κ3) is 1.89. The number of pyridine rings is 1. The van der Waals surface area contributed by atoms with Crippen LogP contribution >= 0.6 is 0 Å². The molecule has 2 aromatic heterocycles. The molecule has 19 heavy (non-hydrogen) atoms. The molecule has 6 heteroatoms. The van der Waals surface area contributed by atoms with Gasteiger partial charge in [-0.2, -0.15) is 4.52 Å². The van der Waals surface area contributed by atoms with E-state index in [4.69, 9.17) is 10.8 Å². The third-order valence-electron chi connectivity index (χ3n) is 2.76. The zero-order valence-electron chi connectivity index (χ0n) is 9.82. The number of carbonyl (C=O) groups is 1. The maximum Gasteiger partial charge on any atom is 0.335 e. The topological polar surface area (TPSA) is 93.5 Å². The van der Waals surface area contributed by atoms with Crippen LogP contribution in [0, 0.1) is 0 Å². The summed E-state index contributed by atoms with van der Waals surface area (Å²) in [5.74, 6) is -0.0585. The zero-order chi connectivity index (χ0) is 13.4. The van der Waals surface area contributed by atoms with Gasteiger partial charge < -0.3 is 10.8 Å². The second kappa shape index (κ2) is 4.09. The number of anilines is 1. The maximum atomic E-state index is 10.9. The largest absolute Gasteiger partial charge is 0.478 e. The molecule has 2 heterocycles. The molecule has 0 aliphatic carbocycles. The van der Waals surface area contributed by atoms with E-state index in [1.807, 2.05) is 0 Å². The van der Waals surface area contributed by atoms with E-state index < -0.39 is 5.97 Å². The van der Waals surface area contributed by atoms with Crippen molar-refractivity contribution >= 4 is 17.4 Å². The SMILES string of the molecule is Nc1cccc2nc(-c3cccc(C(=O)O)c3)nn12. The summed E-state index contributed by atoms with van der Waals surface area (Å²) in [6, 6.07) is 11.8. The summed E-state index contributed by atoms with van der Waals surface area (Å²) < 4.78 is 1.52. The standard InChI is InChI=1S/C13H10N4O2/c14-10-5-2-6-11-15-12(16-17(10)11)8-3-1-4-9(7-8)13(18)19/h1-7H,14H2,(H,18,19). The minimum Gasteiger partial charge on any atom is -0.478 e. The Balaban J connectivity index is 2.16. The van der Waals surface area contributed by atoms with Crippen molar-refractivity contribution in [3.8, 4) is 11.4 Å². The van der Waals surface area contributed by atoms with E-state index >= 15 is 0 Å². The van der Waals surface area contributed by atoms with Crippen LogP contribution in [-0.4, -0.2) is 25.7 Å². The van der Waals surface area contributed by atoms with Crippen molar-refractivity contribution < 1.29 is 9.90 Å². The Kier molecular flexibility index (Phi) is 2.42. The molecule has 0 fully saturated rings. The molecule has 1 aromatic carbocycles. The number of nitrogens with zero attached hydrogens (tertiary/aromatic N) is 3.